The number of nitrogens with one attached hydrogen (secondary N) is 1. The van der Waals surface area contributed by atoms with Crippen molar-refractivity contribution >= 4 is 99.4 Å². The molecule has 2 saturated carbocycles. The van der Waals surface area contributed by atoms with Crippen LogP contribution in [0.2, 0.25) is 20.1 Å². The topological polar surface area (TPSA) is 147 Å². The first kappa shape index (κ1) is 51.0. The van der Waals surface area contributed by atoms with Gasteiger partial charge < -0.3 is 15.9 Å². The van der Waals surface area contributed by atoms with E-state index in [2.05, 4.69) is 4.72 Å². The van der Waals surface area contributed by atoms with Gasteiger partial charge >= 0.3 is 0 Å². The molecule has 5 N–H and O–H groups in total. The van der Waals surface area contributed by atoms with Crippen molar-refractivity contribution in [2.45, 2.75) is 111 Å². The third kappa shape index (κ3) is 15.5. The monoisotopic (exact) mass is 974 g/mol. The van der Waals surface area contributed by atoms with Crippen LogP contribution in [0, 0.1) is 13.8 Å². The minimum atomic E-state index is -3.78. The minimum Gasteiger partial charge on any atom is -0.386 e. The molecule has 320 valence electrons. The first-order valence-corrected chi connectivity index (χ1v) is 24.8. The molecule has 0 amide bonds. The van der Waals surface area contributed by atoms with Crippen LogP contribution in [0.25, 0.3) is 0 Å². The Balaban J connectivity index is 0.000000247. The number of aliphatic hydroxyl groups excluding tert-OH is 2. The number of alkyl halides is 2. The molecule has 17 heteroatoms. The Morgan fingerprint density at radius 2 is 0.948 bits per heavy atom. The third-order valence-corrected chi connectivity index (χ3v) is 13.8. The van der Waals surface area contributed by atoms with Crippen molar-refractivity contribution in [3.8, 4) is 0 Å². The van der Waals surface area contributed by atoms with Crippen molar-refractivity contribution in [1.82, 2.24) is 4.72 Å². The second kappa shape index (κ2) is 23.2. The molecule has 2 unspecified atom stereocenters. The van der Waals surface area contributed by atoms with Gasteiger partial charge in [-0.1, -0.05) is 120 Å². The highest BCUT2D eigenvalue weighted by Crippen LogP contribution is 2.41. The van der Waals surface area contributed by atoms with Gasteiger partial charge in [0.05, 0.1) is 32.9 Å². The number of rotatable bonds is 8. The molecule has 0 aromatic heterocycles. The van der Waals surface area contributed by atoms with E-state index in [4.69, 9.17) is 86.0 Å². The van der Waals surface area contributed by atoms with Gasteiger partial charge in [-0.05, 0) is 111 Å². The van der Waals surface area contributed by atoms with Gasteiger partial charge in [-0.2, -0.15) is 0 Å². The molecule has 6 rings (SSSR count). The summed E-state index contributed by atoms with van der Waals surface area (Å²) in [4.78, 5) is 0.333. The molecule has 0 bridgehead atoms. The largest absolute Gasteiger partial charge is 0.386 e. The summed E-state index contributed by atoms with van der Waals surface area (Å²) in [6.45, 7) is 3.78. The molecule has 58 heavy (non-hydrogen) atoms. The van der Waals surface area contributed by atoms with Crippen LogP contribution in [0.1, 0.15) is 98.7 Å². The van der Waals surface area contributed by atoms with Gasteiger partial charge in [-0.15, -0.1) is 23.2 Å². The lowest BCUT2D eigenvalue weighted by atomic mass is 9.76. The molecule has 2 aliphatic rings. The molecule has 0 heterocycles. The quantitative estimate of drug-likeness (QED) is 0.102. The van der Waals surface area contributed by atoms with E-state index < -0.39 is 42.4 Å². The Labute approximate surface area is 377 Å². The number of sulfonamides is 1. The zero-order chi connectivity index (χ0) is 43.3. The van der Waals surface area contributed by atoms with Crippen LogP contribution in [0.3, 0.4) is 0 Å². The highest BCUT2D eigenvalue weighted by Gasteiger charge is 2.43. The lowest BCUT2D eigenvalue weighted by Crippen LogP contribution is -2.53. The average Bonchev–Trinajstić information content (AvgIpc) is 3.15. The van der Waals surface area contributed by atoms with E-state index in [1.54, 1.807) is 72.8 Å². The van der Waals surface area contributed by atoms with Crippen LogP contribution in [0.5, 0.6) is 0 Å². The SMILES string of the molecule is Cc1ccc(S(=O)(=O)Cl)cc1.Cc1ccc(S(=O)(=O)NC2(C(O)c3cc(Cl)cc(Cl)c3)CCCCC2)cc1.ClCCl.NC1(C(O)c2cc(Cl)cc(Cl)c2)CCCCC1. The van der Waals surface area contributed by atoms with Crippen LogP contribution >= 0.6 is 80.3 Å². The molecule has 2 aliphatic carbocycles. The maximum atomic E-state index is 13.0. The standard InChI is InChI=1S/C20H23Cl2NO3S.C13H17Cl2NO.C7H7ClO2S.CH2Cl2/c1-14-5-7-18(8-6-14)27(25,26)23-20(9-3-2-4-10-20)19(24)15-11-16(21)13-17(22)12-15;14-10-6-9(7-11(15)8-10)12(17)13(16)4-2-1-3-5-13;1-6-2-4-7(5-3-6)11(8,9)10;2-1-3/h5-8,11-13,19,23-24H,2-4,9-10H2,1H3;6-8,12,17H,1-5,16H2;2-5H,1H3;1H2. The highest BCUT2D eigenvalue weighted by atomic mass is 35.7. The minimum absolute atomic E-state index is 0.143. The van der Waals surface area contributed by atoms with Crippen LogP contribution in [0.4, 0.5) is 0 Å². The van der Waals surface area contributed by atoms with Gasteiger partial charge in [-0.3, -0.25) is 0 Å². The molecule has 2 atom stereocenters. The van der Waals surface area contributed by atoms with Crippen molar-refractivity contribution in [3.63, 3.8) is 0 Å². The number of benzene rings is 4. The van der Waals surface area contributed by atoms with Gasteiger partial charge in [0.1, 0.15) is 0 Å². The molecule has 0 radical (unpaired) electrons. The Hall–Kier alpha value is -1.35. The van der Waals surface area contributed by atoms with Crippen LogP contribution in [-0.2, 0) is 19.1 Å². The van der Waals surface area contributed by atoms with Crippen LogP contribution < -0.4 is 10.5 Å². The van der Waals surface area contributed by atoms with E-state index in [0.29, 0.717) is 44.1 Å². The second-order valence-corrected chi connectivity index (χ2v) is 21.3. The van der Waals surface area contributed by atoms with Gasteiger partial charge in [0, 0.05) is 36.3 Å². The van der Waals surface area contributed by atoms with Crippen molar-refractivity contribution in [3.05, 3.63) is 127 Å². The van der Waals surface area contributed by atoms with Gasteiger partial charge in [0.25, 0.3) is 9.05 Å². The lowest BCUT2D eigenvalue weighted by molar-refractivity contribution is 0.0473. The predicted molar refractivity (Wildman–Crippen MR) is 241 cm³/mol. The first-order valence-electron chi connectivity index (χ1n) is 18.5. The summed E-state index contributed by atoms with van der Waals surface area (Å²) in [5.74, 6) is 0. The lowest BCUT2D eigenvalue weighted by Gasteiger charge is -2.41. The fourth-order valence-corrected chi connectivity index (χ4v) is 10.3. The predicted octanol–water partition coefficient (Wildman–Crippen LogP) is 12.0. The van der Waals surface area contributed by atoms with Crippen molar-refractivity contribution in [2.75, 3.05) is 5.34 Å². The number of halogens is 7. The number of hydrogen-bond donors (Lipinski definition) is 4. The fourth-order valence-electron chi connectivity index (χ4n) is 6.96. The van der Waals surface area contributed by atoms with E-state index >= 15 is 0 Å². The van der Waals surface area contributed by atoms with Crippen molar-refractivity contribution < 1.29 is 27.0 Å². The summed E-state index contributed by atoms with van der Waals surface area (Å²) >= 11 is 33.6. The summed E-state index contributed by atoms with van der Waals surface area (Å²) in [7, 11) is -2.25. The number of aliphatic hydroxyl groups is 2. The molecule has 0 saturated heterocycles. The van der Waals surface area contributed by atoms with Gasteiger partial charge in [0.15, 0.2) is 0 Å². The summed E-state index contributed by atoms with van der Waals surface area (Å²) in [5, 5.41) is 23.6. The maximum Gasteiger partial charge on any atom is 0.261 e. The summed E-state index contributed by atoms with van der Waals surface area (Å²) in [6.07, 6.45) is 7.06. The zero-order valence-corrected chi connectivity index (χ0v) is 39.0. The number of hydrogen-bond acceptors (Lipinski definition) is 7. The Kier molecular flexibility index (Phi) is 20.4. The highest BCUT2D eigenvalue weighted by molar-refractivity contribution is 8.13. The Morgan fingerprint density at radius 1 is 0.603 bits per heavy atom. The molecule has 8 nitrogen and oxygen atoms in total. The number of nitrogens with two attached hydrogens (primary N) is 1. The summed E-state index contributed by atoms with van der Waals surface area (Å²) in [6, 6.07) is 23.0. The fraction of sp³-hybridized carbons (Fsp3) is 0.415. The molecule has 0 spiro atoms. The normalized spacial score (nSPS) is 17.2. The van der Waals surface area contributed by atoms with Crippen molar-refractivity contribution in [1.29, 1.82) is 0 Å². The van der Waals surface area contributed by atoms with E-state index in [9.17, 15) is 27.0 Å². The van der Waals surface area contributed by atoms with Crippen molar-refractivity contribution in [2.24, 2.45) is 5.73 Å². The molecule has 4 aromatic carbocycles. The zero-order valence-electron chi connectivity index (χ0n) is 32.1. The maximum absolute atomic E-state index is 13.0. The second-order valence-electron chi connectivity index (χ2n) is 14.5. The first-order chi connectivity index (χ1) is 27.1. The third-order valence-electron chi connectivity index (χ3n) is 9.97. The molecule has 0 aliphatic heterocycles. The Morgan fingerprint density at radius 3 is 1.33 bits per heavy atom. The molecule has 2 fully saturated rings. The van der Waals surface area contributed by atoms with E-state index in [1.165, 1.54) is 18.6 Å². The molecular weight excluding hydrogens is 929 g/mol. The van der Waals surface area contributed by atoms with Gasteiger partial charge in [0.2, 0.25) is 10.0 Å². The smallest absolute Gasteiger partial charge is 0.261 e. The van der Waals surface area contributed by atoms with Gasteiger partial charge in [-0.25, -0.2) is 21.6 Å². The number of aryl methyl sites for hydroxylation is 2. The molecule has 4 aromatic rings. The summed E-state index contributed by atoms with van der Waals surface area (Å²) < 4.78 is 50.3. The average molecular weight is 978 g/mol. The van der Waals surface area contributed by atoms with E-state index in [0.717, 1.165) is 56.1 Å². The molecular formula is C41H49Cl7N2O6S2. The summed E-state index contributed by atoms with van der Waals surface area (Å²) in [5.41, 5.74) is 7.99. The van der Waals surface area contributed by atoms with Crippen LogP contribution in [0.15, 0.2) is 94.7 Å². The van der Waals surface area contributed by atoms with Crippen LogP contribution in [-0.4, -0.2) is 43.5 Å². The Bertz CT molecular complexity index is 2090. The van der Waals surface area contributed by atoms with E-state index in [1.807, 2.05) is 13.8 Å². The van der Waals surface area contributed by atoms with E-state index in [-0.39, 0.29) is 15.1 Å².